The number of nitrogens with zero attached hydrogens (tertiary/aromatic N) is 4. The number of allylic oxidation sites excluding steroid dienone is 4. The highest BCUT2D eigenvalue weighted by molar-refractivity contribution is 6.18. The monoisotopic (exact) mass is 595 g/mol. The van der Waals surface area contributed by atoms with Gasteiger partial charge in [-0.15, -0.1) is 0 Å². The third-order valence-corrected chi connectivity index (χ3v) is 10.3. The number of fused-ring (bicyclic) bond motifs is 6. The molecule has 0 saturated carbocycles. The molecule has 4 atom stereocenters. The lowest BCUT2D eigenvalue weighted by molar-refractivity contribution is 0.590. The van der Waals surface area contributed by atoms with E-state index in [1.807, 2.05) is 24.3 Å². The van der Waals surface area contributed by atoms with Gasteiger partial charge in [-0.05, 0) is 57.0 Å². The lowest BCUT2D eigenvalue weighted by atomic mass is 9.77. The summed E-state index contributed by atoms with van der Waals surface area (Å²) in [6.07, 6.45) is 12.4. The molecule has 4 aromatic rings. The number of hydrogen-bond acceptors (Lipinski definition) is 3. The van der Waals surface area contributed by atoms with Crippen molar-refractivity contribution in [2.45, 2.75) is 49.9 Å². The number of amidine groups is 2. The molecule has 3 aliphatic carbocycles. The molecule has 0 N–H and O–H groups in total. The quantitative estimate of drug-likeness (QED) is 0.232. The third-order valence-electron chi connectivity index (χ3n) is 10.3. The number of benzene rings is 4. The first-order valence-corrected chi connectivity index (χ1v) is 16.3. The van der Waals surface area contributed by atoms with Gasteiger partial charge in [0.2, 0.25) is 0 Å². The molecule has 2 heterocycles. The maximum absolute atomic E-state index is 5.14. The molecule has 4 heteroatoms. The molecule has 5 aliphatic rings. The molecule has 224 valence electrons. The standard InChI is InChI=1S/C42H35N4/c1-42(2)35-22-11-9-20-31(35)33-25-34-32-21-10-12-23-37(32)46(38(34)26-36(33)42)30-19-13-18-29(24-30)41-44-39(27-14-5-3-6-15-27)43-40(45-41)28-16-7-4-8-17-28/h3-23,25-26,30,34,38-39H,24H2,1-2H3/q-1. The molecule has 4 unspecified atom stereocenters. The zero-order valence-corrected chi connectivity index (χ0v) is 26.1. The van der Waals surface area contributed by atoms with Crippen molar-refractivity contribution in [1.29, 1.82) is 0 Å². The van der Waals surface area contributed by atoms with Crippen LogP contribution in [0.3, 0.4) is 0 Å². The largest absolute Gasteiger partial charge is 0.438 e. The molecule has 0 fully saturated rings. The van der Waals surface area contributed by atoms with E-state index in [-0.39, 0.29) is 23.7 Å². The number of anilines is 1. The van der Waals surface area contributed by atoms with Crippen LogP contribution in [-0.2, 0) is 5.41 Å². The average molecular weight is 596 g/mol. The lowest BCUT2D eigenvalue weighted by Gasteiger charge is -2.40. The predicted molar refractivity (Wildman–Crippen MR) is 190 cm³/mol. The van der Waals surface area contributed by atoms with Gasteiger partial charge in [0.15, 0.2) is 0 Å². The average Bonchev–Trinajstić information content (AvgIpc) is 3.56. The van der Waals surface area contributed by atoms with Gasteiger partial charge >= 0.3 is 0 Å². The van der Waals surface area contributed by atoms with Crippen LogP contribution < -0.4 is 4.90 Å². The van der Waals surface area contributed by atoms with E-state index in [1.54, 1.807) is 0 Å². The minimum atomic E-state index is -0.330. The molecule has 0 bridgehead atoms. The van der Waals surface area contributed by atoms with E-state index in [4.69, 9.17) is 15.3 Å². The fourth-order valence-corrected chi connectivity index (χ4v) is 8.10. The van der Waals surface area contributed by atoms with Crippen molar-refractivity contribution < 1.29 is 0 Å². The van der Waals surface area contributed by atoms with Gasteiger partial charge in [-0.2, -0.15) is 0 Å². The van der Waals surface area contributed by atoms with E-state index in [0.717, 1.165) is 34.8 Å². The number of para-hydroxylation sites is 1. The van der Waals surface area contributed by atoms with Crippen LogP contribution in [0.15, 0.2) is 161 Å². The van der Waals surface area contributed by atoms with Crippen LogP contribution in [0.1, 0.15) is 60.2 Å². The van der Waals surface area contributed by atoms with Crippen molar-refractivity contribution in [3.05, 3.63) is 184 Å². The highest BCUT2D eigenvalue weighted by Gasteiger charge is 2.47. The Balaban J connectivity index is 1.08. The predicted octanol–water partition coefficient (Wildman–Crippen LogP) is 9.46. The summed E-state index contributed by atoms with van der Waals surface area (Å²) in [5.74, 6) is 1.81. The Morgan fingerprint density at radius 2 is 1.54 bits per heavy atom. The molecule has 0 aromatic heterocycles. The summed E-state index contributed by atoms with van der Waals surface area (Å²) in [5, 5.41) is 5.14. The van der Waals surface area contributed by atoms with Gasteiger partial charge in [0.1, 0.15) is 0 Å². The molecule has 4 aromatic carbocycles. The van der Waals surface area contributed by atoms with E-state index >= 15 is 0 Å². The van der Waals surface area contributed by atoms with Crippen LogP contribution in [0.2, 0.25) is 0 Å². The fourth-order valence-electron chi connectivity index (χ4n) is 8.10. The molecule has 0 saturated heterocycles. The minimum absolute atomic E-state index is 0.0311. The summed E-state index contributed by atoms with van der Waals surface area (Å²) >= 11 is 0. The third kappa shape index (κ3) is 4.20. The molecular weight excluding hydrogens is 560 g/mol. The Morgan fingerprint density at radius 3 is 2.39 bits per heavy atom. The zero-order valence-electron chi connectivity index (χ0n) is 26.1. The summed E-state index contributed by atoms with van der Waals surface area (Å²) < 4.78 is 0. The Hall–Kier alpha value is -5.22. The van der Waals surface area contributed by atoms with Gasteiger partial charge < -0.3 is 15.2 Å². The first-order chi connectivity index (χ1) is 22.6. The van der Waals surface area contributed by atoms with Gasteiger partial charge in [0.05, 0.1) is 24.1 Å². The van der Waals surface area contributed by atoms with Gasteiger partial charge in [-0.3, -0.25) is 4.99 Å². The Kier molecular flexibility index (Phi) is 6.14. The Morgan fingerprint density at radius 1 is 0.804 bits per heavy atom. The second kappa shape index (κ2) is 10.4. The molecule has 46 heavy (non-hydrogen) atoms. The van der Waals surface area contributed by atoms with Gasteiger partial charge in [0, 0.05) is 17.0 Å². The van der Waals surface area contributed by atoms with Crippen LogP contribution in [0.5, 0.6) is 0 Å². The molecule has 4 nitrogen and oxygen atoms in total. The summed E-state index contributed by atoms with van der Waals surface area (Å²) in [7, 11) is 0. The lowest BCUT2D eigenvalue weighted by Crippen LogP contribution is -2.42. The first-order valence-electron chi connectivity index (χ1n) is 16.3. The van der Waals surface area contributed by atoms with Crippen LogP contribution in [0.4, 0.5) is 5.69 Å². The molecule has 0 amide bonds. The van der Waals surface area contributed by atoms with Gasteiger partial charge in [-0.1, -0.05) is 153 Å². The summed E-state index contributed by atoms with van der Waals surface area (Å²) in [4.78, 5) is 12.7. The number of aliphatic imine (C=N–C) groups is 2. The topological polar surface area (TPSA) is 42.1 Å². The van der Waals surface area contributed by atoms with E-state index in [9.17, 15) is 0 Å². The smallest absolute Gasteiger partial charge is 0.0822 e. The normalized spacial score (nSPS) is 25.1. The van der Waals surface area contributed by atoms with Crippen LogP contribution in [0, 0.1) is 0 Å². The van der Waals surface area contributed by atoms with Crippen molar-refractivity contribution in [2.24, 2.45) is 9.98 Å². The fraction of sp³-hybridized carbons (Fsp3) is 0.190. The molecule has 9 rings (SSSR count). The zero-order chi connectivity index (χ0) is 30.8. The Bertz CT molecular complexity index is 2040. The van der Waals surface area contributed by atoms with Gasteiger partial charge in [0.25, 0.3) is 0 Å². The van der Waals surface area contributed by atoms with Crippen molar-refractivity contribution in [3.8, 4) is 0 Å². The molecular formula is C42H35N4-. The molecule has 0 spiro atoms. The Labute approximate surface area is 270 Å². The van der Waals surface area contributed by atoms with Crippen molar-refractivity contribution in [1.82, 2.24) is 0 Å². The summed E-state index contributed by atoms with van der Waals surface area (Å²) in [5.41, 5.74) is 11.6. The molecule has 0 radical (unpaired) electrons. The van der Waals surface area contributed by atoms with E-state index in [2.05, 4.69) is 134 Å². The van der Waals surface area contributed by atoms with Crippen LogP contribution in [-0.4, -0.2) is 23.8 Å². The minimum Gasteiger partial charge on any atom is -0.438 e. The van der Waals surface area contributed by atoms with Crippen LogP contribution >= 0.6 is 0 Å². The SMILES string of the molecule is CC1(C)C2=CC3C(C=C2c2ccccc21)c1ccccc1N3C1C=CC=C(C2=NC(c3ccccc3)=NC(c3ccccc3)[N-]2)C1. The first kappa shape index (κ1) is 27.1. The second-order valence-electron chi connectivity index (χ2n) is 13.3. The summed E-state index contributed by atoms with van der Waals surface area (Å²) in [6.45, 7) is 4.76. The highest BCUT2D eigenvalue weighted by atomic mass is 15.2. The number of rotatable bonds is 4. The molecule has 2 aliphatic heterocycles. The van der Waals surface area contributed by atoms with Crippen molar-refractivity contribution in [3.63, 3.8) is 0 Å². The summed E-state index contributed by atoms with van der Waals surface area (Å²) in [6, 6.07) is 39.0. The van der Waals surface area contributed by atoms with Crippen molar-refractivity contribution in [2.75, 3.05) is 4.90 Å². The van der Waals surface area contributed by atoms with E-state index in [0.29, 0.717) is 5.92 Å². The van der Waals surface area contributed by atoms with E-state index < -0.39 is 0 Å². The van der Waals surface area contributed by atoms with E-state index in [1.165, 1.54) is 33.5 Å². The second-order valence-corrected chi connectivity index (χ2v) is 13.3. The maximum atomic E-state index is 5.14. The maximum Gasteiger partial charge on any atom is 0.0822 e. The number of hydrogen-bond donors (Lipinski definition) is 0. The van der Waals surface area contributed by atoms with Gasteiger partial charge in [-0.25, -0.2) is 0 Å². The van der Waals surface area contributed by atoms with Crippen molar-refractivity contribution >= 4 is 22.9 Å². The van der Waals surface area contributed by atoms with Crippen LogP contribution in [0.25, 0.3) is 10.9 Å². The highest BCUT2D eigenvalue weighted by Crippen LogP contribution is 2.56.